The monoisotopic (exact) mass is 226 g/mol. The van der Waals surface area contributed by atoms with E-state index in [1.807, 2.05) is 0 Å². The summed E-state index contributed by atoms with van der Waals surface area (Å²) in [5, 5.41) is 3.45. The van der Waals surface area contributed by atoms with Crippen LogP contribution < -0.4 is 10.5 Å². The fraction of sp³-hybridized carbons (Fsp3) is 0.100. The summed E-state index contributed by atoms with van der Waals surface area (Å²) in [6.07, 6.45) is 1.31. The third kappa shape index (κ3) is 1.48. The van der Waals surface area contributed by atoms with Crippen molar-refractivity contribution in [3.05, 3.63) is 30.0 Å². The lowest BCUT2D eigenvalue weighted by atomic mass is 10.1. The molecule has 0 aliphatic carbocycles. The highest BCUT2D eigenvalue weighted by Crippen LogP contribution is 2.36. The number of ether oxygens (including phenoxy) is 1. The number of hydrogen-bond acceptors (Lipinski definition) is 4. The quantitative estimate of drug-likeness (QED) is 0.852. The molecule has 0 spiro atoms. The molecule has 2 rings (SSSR count). The van der Waals surface area contributed by atoms with E-state index in [1.165, 1.54) is 19.4 Å². The van der Waals surface area contributed by atoms with Gasteiger partial charge in [-0.15, -0.1) is 0 Å². The first-order chi connectivity index (χ1) is 7.65. The fourth-order valence-electron chi connectivity index (χ4n) is 1.39. The van der Waals surface area contributed by atoms with E-state index in [9.17, 15) is 8.78 Å². The Labute approximate surface area is 89.6 Å². The molecule has 1 aromatic heterocycles. The summed E-state index contributed by atoms with van der Waals surface area (Å²) in [5.74, 6) is -2.27. The van der Waals surface area contributed by atoms with Crippen molar-refractivity contribution in [3.8, 4) is 16.9 Å². The van der Waals surface area contributed by atoms with E-state index in [-0.39, 0.29) is 11.6 Å². The largest absolute Gasteiger partial charge is 0.493 e. The summed E-state index contributed by atoms with van der Waals surface area (Å²) in [6.45, 7) is 0. The standard InChI is InChI=1S/C10H8F2N2O2/c1-15-9-5(2-3-7(11)8(9)12)6-4-14-16-10(6)13/h2-4H,13H2,1H3. The summed E-state index contributed by atoms with van der Waals surface area (Å²) in [6, 6.07) is 2.33. The van der Waals surface area contributed by atoms with Crippen molar-refractivity contribution in [2.24, 2.45) is 0 Å². The average molecular weight is 226 g/mol. The molecule has 0 bridgehead atoms. The molecule has 4 nitrogen and oxygen atoms in total. The Morgan fingerprint density at radius 1 is 1.31 bits per heavy atom. The van der Waals surface area contributed by atoms with Crippen molar-refractivity contribution in [1.82, 2.24) is 5.16 Å². The third-order valence-electron chi connectivity index (χ3n) is 2.14. The number of nitrogens with two attached hydrogens (primary N) is 1. The molecule has 1 aromatic carbocycles. The lowest BCUT2D eigenvalue weighted by Gasteiger charge is -2.08. The Balaban J connectivity index is 2.66. The number of anilines is 1. The number of nitrogen functional groups attached to an aromatic ring is 1. The predicted molar refractivity (Wildman–Crippen MR) is 52.8 cm³/mol. The molecule has 84 valence electrons. The third-order valence-corrected chi connectivity index (χ3v) is 2.14. The maximum atomic E-state index is 13.4. The minimum absolute atomic E-state index is 0.0179. The molecule has 0 fully saturated rings. The Morgan fingerprint density at radius 2 is 2.06 bits per heavy atom. The van der Waals surface area contributed by atoms with E-state index < -0.39 is 11.6 Å². The molecule has 2 N–H and O–H groups in total. The van der Waals surface area contributed by atoms with Crippen LogP contribution in [0.4, 0.5) is 14.7 Å². The highest BCUT2D eigenvalue weighted by Gasteiger charge is 2.18. The van der Waals surface area contributed by atoms with Gasteiger partial charge in [0.15, 0.2) is 11.6 Å². The van der Waals surface area contributed by atoms with Crippen molar-refractivity contribution in [2.75, 3.05) is 12.8 Å². The van der Waals surface area contributed by atoms with Gasteiger partial charge < -0.3 is 15.0 Å². The highest BCUT2D eigenvalue weighted by molar-refractivity contribution is 5.77. The van der Waals surface area contributed by atoms with Gasteiger partial charge in [0.05, 0.1) is 18.9 Å². The Hall–Kier alpha value is -2.11. The van der Waals surface area contributed by atoms with Crippen LogP contribution in [0.3, 0.4) is 0 Å². The summed E-state index contributed by atoms with van der Waals surface area (Å²) in [5.41, 5.74) is 6.13. The lowest BCUT2D eigenvalue weighted by molar-refractivity contribution is 0.373. The number of halogens is 2. The highest BCUT2D eigenvalue weighted by atomic mass is 19.2. The number of rotatable bonds is 2. The summed E-state index contributed by atoms with van der Waals surface area (Å²) in [4.78, 5) is 0. The molecule has 0 amide bonds. The second-order valence-electron chi connectivity index (χ2n) is 3.05. The second-order valence-corrected chi connectivity index (χ2v) is 3.05. The van der Waals surface area contributed by atoms with Gasteiger partial charge in [-0.2, -0.15) is 4.39 Å². The van der Waals surface area contributed by atoms with Gasteiger partial charge in [0, 0.05) is 5.56 Å². The van der Waals surface area contributed by atoms with Gasteiger partial charge in [-0.25, -0.2) is 4.39 Å². The molecular weight excluding hydrogens is 218 g/mol. The topological polar surface area (TPSA) is 61.3 Å². The van der Waals surface area contributed by atoms with Gasteiger partial charge in [-0.1, -0.05) is 5.16 Å². The van der Waals surface area contributed by atoms with Crippen molar-refractivity contribution in [2.45, 2.75) is 0 Å². The first-order valence-corrected chi connectivity index (χ1v) is 4.37. The van der Waals surface area contributed by atoms with Crippen LogP contribution in [0.25, 0.3) is 11.1 Å². The van der Waals surface area contributed by atoms with Crippen LogP contribution in [0, 0.1) is 11.6 Å². The molecule has 6 heteroatoms. The van der Waals surface area contributed by atoms with Crippen molar-refractivity contribution < 1.29 is 18.0 Å². The number of methoxy groups -OCH3 is 1. The smallest absolute Gasteiger partial charge is 0.230 e. The Bertz CT molecular complexity index is 526. The van der Waals surface area contributed by atoms with E-state index in [1.54, 1.807) is 0 Å². The molecule has 0 unspecified atom stereocenters. The molecule has 0 saturated carbocycles. The molecule has 0 aliphatic heterocycles. The van der Waals surface area contributed by atoms with Gasteiger partial charge >= 0.3 is 0 Å². The van der Waals surface area contributed by atoms with Gasteiger partial charge in [-0.05, 0) is 12.1 Å². The molecule has 0 atom stereocenters. The summed E-state index contributed by atoms with van der Waals surface area (Å²) in [7, 11) is 1.24. The van der Waals surface area contributed by atoms with Gasteiger partial charge in [0.1, 0.15) is 0 Å². The van der Waals surface area contributed by atoms with Crippen molar-refractivity contribution in [1.29, 1.82) is 0 Å². The molecular formula is C10H8F2N2O2. The second kappa shape index (κ2) is 3.80. The normalized spacial score (nSPS) is 10.4. The molecule has 0 saturated heterocycles. The summed E-state index contributed by atoms with van der Waals surface area (Å²) >= 11 is 0. The lowest BCUT2D eigenvalue weighted by Crippen LogP contribution is -1.96. The molecule has 16 heavy (non-hydrogen) atoms. The predicted octanol–water partition coefficient (Wildman–Crippen LogP) is 2.21. The molecule has 2 aromatic rings. The summed E-state index contributed by atoms with van der Waals surface area (Å²) < 4.78 is 35.8. The van der Waals surface area contributed by atoms with Crippen LogP contribution in [0.15, 0.2) is 22.9 Å². The van der Waals surface area contributed by atoms with Crippen LogP contribution >= 0.6 is 0 Å². The van der Waals surface area contributed by atoms with Crippen molar-refractivity contribution in [3.63, 3.8) is 0 Å². The fourth-order valence-corrected chi connectivity index (χ4v) is 1.39. The van der Waals surface area contributed by atoms with Crippen LogP contribution in [0.1, 0.15) is 0 Å². The van der Waals surface area contributed by atoms with E-state index in [0.29, 0.717) is 11.1 Å². The zero-order valence-corrected chi connectivity index (χ0v) is 8.33. The Kier molecular flexibility index (Phi) is 2.47. The van der Waals surface area contributed by atoms with Crippen LogP contribution in [-0.2, 0) is 0 Å². The molecule has 0 radical (unpaired) electrons. The number of benzene rings is 1. The molecule has 1 heterocycles. The number of aromatic nitrogens is 1. The van der Waals surface area contributed by atoms with Crippen molar-refractivity contribution >= 4 is 5.88 Å². The molecule has 0 aliphatic rings. The average Bonchev–Trinajstić information content (AvgIpc) is 2.68. The van der Waals surface area contributed by atoms with Gasteiger partial charge in [0.25, 0.3) is 0 Å². The van der Waals surface area contributed by atoms with Gasteiger partial charge in [-0.3, -0.25) is 0 Å². The zero-order chi connectivity index (χ0) is 11.7. The number of hydrogen-bond donors (Lipinski definition) is 1. The van der Waals surface area contributed by atoms with E-state index >= 15 is 0 Å². The Morgan fingerprint density at radius 3 is 2.62 bits per heavy atom. The van der Waals surface area contributed by atoms with E-state index in [4.69, 9.17) is 10.5 Å². The van der Waals surface area contributed by atoms with Crippen LogP contribution in [0.5, 0.6) is 5.75 Å². The maximum absolute atomic E-state index is 13.4. The first kappa shape index (κ1) is 10.4. The van der Waals surface area contributed by atoms with E-state index in [0.717, 1.165) is 6.07 Å². The van der Waals surface area contributed by atoms with Crippen LogP contribution in [0.2, 0.25) is 0 Å². The van der Waals surface area contributed by atoms with Crippen LogP contribution in [-0.4, -0.2) is 12.3 Å². The first-order valence-electron chi connectivity index (χ1n) is 4.37. The number of nitrogens with zero attached hydrogens (tertiary/aromatic N) is 1. The SMILES string of the molecule is COc1c(-c2cnoc2N)ccc(F)c1F. The zero-order valence-electron chi connectivity index (χ0n) is 8.33. The minimum atomic E-state index is -1.07. The minimum Gasteiger partial charge on any atom is -0.493 e. The van der Waals surface area contributed by atoms with E-state index in [2.05, 4.69) is 9.68 Å². The maximum Gasteiger partial charge on any atom is 0.230 e. The van der Waals surface area contributed by atoms with Gasteiger partial charge in [0.2, 0.25) is 11.7 Å².